The van der Waals surface area contributed by atoms with E-state index in [0.29, 0.717) is 5.75 Å². The molecule has 2 nitrogen and oxygen atoms in total. The van der Waals surface area contributed by atoms with Gasteiger partial charge in [-0.2, -0.15) is 0 Å². The Bertz CT molecular complexity index is 482. The summed E-state index contributed by atoms with van der Waals surface area (Å²) >= 11 is 1.67. The number of thiazole rings is 1. The third-order valence-corrected chi connectivity index (χ3v) is 3.12. The van der Waals surface area contributed by atoms with Crippen LogP contribution in [0.5, 0.6) is 5.75 Å². The van der Waals surface area contributed by atoms with E-state index >= 15 is 0 Å². The normalized spacial score (nSPS) is 12.2. The number of rotatable bonds is 1. The van der Waals surface area contributed by atoms with Gasteiger partial charge in [0.1, 0.15) is 5.75 Å². The summed E-state index contributed by atoms with van der Waals surface area (Å²) in [6.07, 6.45) is 0.979. The molecule has 0 unspecified atom stereocenters. The predicted octanol–water partition coefficient (Wildman–Crippen LogP) is 3.59. The van der Waals surface area contributed by atoms with Gasteiger partial charge >= 0.3 is 0 Å². The molecule has 2 aromatic rings. The van der Waals surface area contributed by atoms with Gasteiger partial charge in [0.15, 0.2) is 0 Å². The highest BCUT2D eigenvalue weighted by Gasteiger charge is 2.14. The minimum absolute atomic E-state index is 0.260. The summed E-state index contributed by atoms with van der Waals surface area (Å²) in [5.41, 5.74) is 1.24. The van der Waals surface area contributed by atoms with E-state index in [1.54, 1.807) is 23.5 Å². The molecule has 0 aliphatic rings. The second-order valence-corrected chi connectivity index (χ2v) is 6.11. The minimum atomic E-state index is 0.260. The second-order valence-electron chi connectivity index (χ2n) is 5.00. The minimum Gasteiger partial charge on any atom is -0.508 e. The quantitative estimate of drug-likeness (QED) is 0.798. The third-order valence-electron chi connectivity index (χ3n) is 2.10. The maximum absolute atomic E-state index is 9.35. The van der Waals surface area contributed by atoms with Gasteiger partial charge in [-0.05, 0) is 23.6 Å². The molecule has 0 bridgehead atoms. The first-order chi connectivity index (χ1) is 6.94. The first kappa shape index (κ1) is 10.4. The third kappa shape index (κ3) is 2.48. The van der Waals surface area contributed by atoms with Crippen molar-refractivity contribution in [3.8, 4) is 5.75 Å². The molecule has 0 fully saturated rings. The van der Waals surface area contributed by atoms with Crippen molar-refractivity contribution in [1.82, 2.24) is 4.98 Å². The topological polar surface area (TPSA) is 33.1 Å². The maximum Gasteiger partial charge on any atom is 0.117 e. The lowest BCUT2D eigenvalue weighted by atomic mass is 9.93. The van der Waals surface area contributed by atoms with E-state index in [2.05, 4.69) is 25.8 Å². The molecule has 0 radical (unpaired) electrons. The van der Waals surface area contributed by atoms with E-state index in [4.69, 9.17) is 0 Å². The van der Waals surface area contributed by atoms with Crippen molar-refractivity contribution in [2.75, 3.05) is 0 Å². The zero-order chi connectivity index (χ0) is 11.1. The van der Waals surface area contributed by atoms with Crippen LogP contribution in [0.15, 0.2) is 18.2 Å². The zero-order valence-corrected chi connectivity index (χ0v) is 10.1. The fourth-order valence-electron chi connectivity index (χ4n) is 1.49. The molecule has 2 rings (SSSR count). The fourth-order valence-corrected chi connectivity index (χ4v) is 2.79. The van der Waals surface area contributed by atoms with Gasteiger partial charge in [0, 0.05) is 6.42 Å². The molecule has 1 aromatic heterocycles. The summed E-state index contributed by atoms with van der Waals surface area (Å²) in [6.45, 7) is 6.61. The largest absolute Gasteiger partial charge is 0.508 e. The number of benzene rings is 1. The van der Waals surface area contributed by atoms with Crippen LogP contribution in [0.3, 0.4) is 0 Å². The summed E-state index contributed by atoms with van der Waals surface area (Å²) < 4.78 is 1.06. The summed E-state index contributed by atoms with van der Waals surface area (Å²) in [5.74, 6) is 0.313. The van der Waals surface area contributed by atoms with Crippen LogP contribution in [-0.2, 0) is 6.42 Å². The van der Waals surface area contributed by atoms with Crippen LogP contribution in [-0.4, -0.2) is 10.1 Å². The molecule has 0 aliphatic heterocycles. The van der Waals surface area contributed by atoms with Crippen LogP contribution >= 0.6 is 11.3 Å². The lowest BCUT2D eigenvalue weighted by Gasteiger charge is -2.15. The Labute approximate surface area is 93.6 Å². The Kier molecular flexibility index (Phi) is 2.43. The van der Waals surface area contributed by atoms with Crippen molar-refractivity contribution in [2.24, 2.45) is 5.41 Å². The van der Waals surface area contributed by atoms with Crippen LogP contribution < -0.4 is 0 Å². The number of phenolic OH excluding ortho intramolecular Hbond substituents is 1. The molecule has 0 saturated heterocycles. The Morgan fingerprint density at radius 3 is 2.73 bits per heavy atom. The molecule has 0 amide bonds. The van der Waals surface area contributed by atoms with Crippen molar-refractivity contribution >= 4 is 21.6 Å². The molecule has 15 heavy (non-hydrogen) atoms. The number of hydrogen-bond acceptors (Lipinski definition) is 3. The second kappa shape index (κ2) is 3.49. The molecule has 1 heterocycles. The SMILES string of the molecule is CC(C)(C)Cc1nc2ccc(O)cc2s1. The van der Waals surface area contributed by atoms with Crippen molar-refractivity contribution in [3.05, 3.63) is 23.2 Å². The maximum atomic E-state index is 9.35. The number of fused-ring (bicyclic) bond motifs is 1. The summed E-state index contributed by atoms with van der Waals surface area (Å²) in [4.78, 5) is 4.55. The van der Waals surface area contributed by atoms with E-state index in [0.717, 1.165) is 21.6 Å². The smallest absolute Gasteiger partial charge is 0.117 e. The highest BCUT2D eigenvalue weighted by molar-refractivity contribution is 7.18. The highest BCUT2D eigenvalue weighted by atomic mass is 32.1. The van der Waals surface area contributed by atoms with Crippen LogP contribution in [0.4, 0.5) is 0 Å². The van der Waals surface area contributed by atoms with Gasteiger partial charge in [-0.25, -0.2) is 4.98 Å². The number of phenols is 1. The lowest BCUT2D eigenvalue weighted by molar-refractivity contribution is 0.411. The lowest BCUT2D eigenvalue weighted by Crippen LogP contribution is -2.08. The van der Waals surface area contributed by atoms with Crippen LogP contribution in [0.25, 0.3) is 10.2 Å². The van der Waals surface area contributed by atoms with E-state index in [1.807, 2.05) is 6.07 Å². The molecule has 0 spiro atoms. The van der Waals surface area contributed by atoms with Crippen LogP contribution in [0.1, 0.15) is 25.8 Å². The number of hydrogen-bond donors (Lipinski definition) is 1. The van der Waals surface area contributed by atoms with Crippen molar-refractivity contribution in [2.45, 2.75) is 27.2 Å². The highest BCUT2D eigenvalue weighted by Crippen LogP contribution is 2.29. The standard InChI is InChI=1S/C12H15NOS/c1-12(2,3)7-11-13-9-5-4-8(14)6-10(9)15-11/h4-6,14H,7H2,1-3H3. The molecular formula is C12H15NOS. The van der Waals surface area contributed by atoms with Crippen molar-refractivity contribution in [1.29, 1.82) is 0 Å². The van der Waals surface area contributed by atoms with Crippen LogP contribution in [0.2, 0.25) is 0 Å². The predicted molar refractivity (Wildman–Crippen MR) is 64.4 cm³/mol. The Hall–Kier alpha value is -1.09. The van der Waals surface area contributed by atoms with Gasteiger partial charge in [-0.3, -0.25) is 0 Å². The molecule has 3 heteroatoms. The average molecular weight is 221 g/mol. The van der Waals surface area contributed by atoms with E-state index in [-0.39, 0.29) is 5.41 Å². The van der Waals surface area contributed by atoms with E-state index in [1.165, 1.54) is 0 Å². The zero-order valence-electron chi connectivity index (χ0n) is 9.24. The van der Waals surface area contributed by atoms with Gasteiger partial charge in [0.25, 0.3) is 0 Å². The van der Waals surface area contributed by atoms with Crippen molar-refractivity contribution in [3.63, 3.8) is 0 Å². The Balaban J connectivity index is 2.39. The van der Waals surface area contributed by atoms with Gasteiger partial charge in [-0.1, -0.05) is 20.8 Å². The number of aromatic nitrogens is 1. The van der Waals surface area contributed by atoms with Gasteiger partial charge < -0.3 is 5.11 Å². The molecule has 80 valence electrons. The van der Waals surface area contributed by atoms with Gasteiger partial charge in [0.2, 0.25) is 0 Å². The molecule has 1 N–H and O–H groups in total. The first-order valence-corrected chi connectivity index (χ1v) is 5.84. The fraction of sp³-hybridized carbons (Fsp3) is 0.417. The number of aromatic hydroxyl groups is 1. The Morgan fingerprint density at radius 1 is 1.33 bits per heavy atom. The molecule has 0 saturated carbocycles. The average Bonchev–Trinajstić information content (AvgIpc) is 2.42. The summed E-state index contributed by atoms with van der Waals surface area (Å²) in [6, 6.07) is 5.33. The molecule has 1 aromatic carbocycles. The molecular weight excluding hydrogens is 206 g/mol. The van der Waals surface area contributed by atoms with E-state index < -0.39 is 0 Å². The van der Waals surface area contributed by atoms with E-state index in [9.17, 15) is 5.11 Å². The van der Waals surface area contributed by atoms with Gasteiger partial charge in [0.05, 0.1) is 15.2 Å². The summed E-state index contributed by atoms with van der Waals surface area (Å²) in [7, 11) is 0. The summed E-state index contributed by atoms with van der Waals surface area (Å²) in [5, 5.41) is 10.5. The van der Waals surface area contributed by atoms with Crippen LogP contribution in [0, 0.1) is 5.41 Å². The molecule has 0 aliphatic carbocycles. The van der Waals surface area contributed by atoms with Gasteiger partial charge in [-0.15, -0.1) is 11.3 Å². The first-order valence-electron chi connectivity index (χ1n) is 5.02. The molecule has 0 atom stereocenters. The number of nitrogens with zero attached hydrogens (tertiary/aromatic N) is 1. The monoisotopic (exact) mass is 221 g/mol. The van der Waals surface area contributed by atoms with Crippen molar-refractivity contribution < 1.29 is 5.11 Å². The Morgan fingerprint density at radius 2 is 2.07 bits per heavy atom.